The van der Waals surface area contributed by atoms with E-state index in [0.717, 1.165) is 19.2 Å². The highest BCUT2D eigenvalue weighted by molar-refractivity contribution is 7.93. The molecule has 14 heteroatoms. The zero-order valence-corrected chi connectivity index (χ0v) is 17.6. The summed E-state index contributed by atoms with van der Waals surface area (Å²) in [5.74, 6) is 0. The van der Waals surface area contributed by atoms with Crippen molar-refractivity contribution in [3.8, 4) is 0 Å². The minimum absolute atomic E-state index is 0.0359. The molecule has 0 saturated heterocycles. The van der Waals surface area contributed by atoms with Crippen LogP contribution >= 0.6 is 34.8 Å². The summed E-state index contributed by atoms with van der Waals surface area (Å²) in [6.45, 7) is 0. The molecule has 1 N–H and O–H groups in total. The maximum atomic E-state index is 13.0. The predicted octanol–water partition coefficient (Wildman–Crippen LogP) is 5.78. The van der Waals surface area contributed by atoms with E-state index in [2.05, 4.69) is 0 Å². The van der Waals surface area contributed by atoms with Crippen molar-refractivity contribution in [2.45, 2.75) is 22.8 Å². The van der Waals surface area contributed by atoms with Gasteiger partial charge in [-0.2, -0.15) is 26.3 Å². The van der Waals surface area contributed by atoms with Crippen LogP contribution in [0.5, 0.6) is 0 Å². The number of halogens is 9. The van der Waals surface area contributed by atoms with Gasteiger partial charge in [-0.05, 0) is 24.3 Å². The summed E-state index contributed by atoms with van der Waals surface area (Å²) in [4.78, 5) is -0.493. The largest absolute Gasteiger partial charge is 0.430 e. The van der Waals surface area contributed by atoms with Crippen LogP contribution in [0.15, 0.2) is 41.3 Å². The van der Waals surface area contributed by atoms with Gasteiger partial charge in [0.05, 0.1) is 20.8 Å². The van der Waals surface area contributed by atoms with Crippen molar-refractivity contribution in [2.24, 2.45) is 0 Å². The molecule has 0 amide bonds. The van der Waals surface area contributed by atoms with Crippen molar-refractivity contribution >= 4 is 50.5 Å². The third kappa shape index (κ3) is 4.05. The molecule has 0 heterocycles. The summed E-state index contributed by atoms with van der Waals surface area (Å²) >= 11 is 17.4. The number of benzene rings is 2. The Balaban J connectivity index is 2.51. The molecule has 0 bridgehead atoms. The van der Waals surface area contributed by atoms with Crippen molar-refractivity contribution in [1.82, 2.24) is 0 Å². The Morgan fingerprint density at radius 2 is 1.30 bits per heavy atom. The first kappa shape index (κ1) is 24.9. The average molecular weight is 517 g/mol. The van der Waals surface area contributed by atoms with E-state index >= 15 is 0 Å². The first-order valence-electron chi connectivity index (χ1n) is 7.55. The van der Waals surface area contributed by atoms with Gasteiger partial charge in [-0.25, -0.2) is 8.42 Å². The van der Waals surface area contributed by atoms with E-state index in [1.54, 1.807) is 0 Å². The smallest absolute Gasteiger partial charge is 0.369 e. The van der Waals surface area contributed by atoms with Crippen LogP contribution in [0.3, 0.4) is 0 Å². The monoisotopic (exact) mass is 515 g/mol. The molecule has 0 fully saturated rings. The molecular weight excluding hydrogens is 507 g/mol. The van der Waals surface area contributed by atoms with Gasteiger partial charge in [0, 0.05) is 12.6 Å². The van der Waals surface area contributed by atoms with E-state index in [-0.39, 0.29) is 15.7 Å². The predicted molar refractivity (Wildman–Crippen MR) is 99.5 cm³/mol. The number of hydrogen-bond donors (Lipinski definition) is 1. The molecule has 0 aliphatic heterocycles. The highest BCUT2D eigenvalue weighted by atomic mass is 35.5. The van der Waals surface area contributed by atoms with E-state index in [9.17, 15) is 39.9 Å². The van der Waals surface area contributed by atoms with E-state index in [0.29, 0.717) is 28.6 Å². The number of rotatable bonds is 4. The van der Waals surface area contributed by atoms with Gasteiger partial charge in [0.1, 0.15) is 4.90 Å². The summed E-state index contributed by atoms with van der Waals surface area (Å²) in [6, 6.07) is 4.15. The second-order valence-corrected chi connectivity index (χ2v) is 9.00. The second-order valence-electron chi connectivity index (χ2n) is 5.90. The number of aliphatic hydroxyl groups is 1. The van der Waals surface area contributed by atoms with Crippen molar-refractivity contribution < 1.29 is 39.9 Å². The Bertz CT molecular complexity index is 1040. The zero-order chi connectivity index (χ0) is 23.3. The Labute approximate surface area is 181 Å². The summed E-state index contributed by atoms with van der Waals surface area (Å²) in [5, 5.41) is 8.67. The van der Waals surface area contributed by atoms with Gasteiger partial charge in [-0.1, -0.05) is 46.9 Å². The maximum absolute atomic E-state index is 13.0. The van der Waals surface area contributed by atoms with Crippen LogP contribution in [0, 0.1) is 0 Å². The third-order valence-corrected chi connectivity index (χ3v) is 7.34. The van der Waals surface area contributed by atoms with Crippen LogP contribution in [-0.2, 0) is 15.6 Å². The van der Waals surface area contributed by atoms with Crippen molar-refractivity contribution in [2.75, 3.05) is 11.4 Å². The minimum atomic E-state index is -6.07. The summed E-state index contributed by atoms with van der Waals surface area (Å²) in [6.07, 6.45) is -12.1. The minimum Gasteiger partial charge on any atom is -0.369 e. The maximum Gasteiger partial charge on any atom is 0.430 e. The lowest BCUT2D eigenvalue weighted by molar-refractivity contribution is -0.376. The van der Waals surface area contributed by atoms with Gasteiger partial charge in [0.15, 0.2) is 0 Å². The lowest BCUT2D eigenvalue weighted by Crippen LogP contribution is -2.53. The molecule has 30 heavy (non-hydrogen) atoms. The van der Waals surface area contributed by atoms with Crippen LogP contribution in [0.25, 0.3) is 0 Å². The number of hydrogen-bond acceptors (Lipinski definition) is 3. The molecule has 0 atom stereocenters. The molecule has 0 spiro atoms. The lowest BCUT2D eigenvalue weighted by atomic mass is 9.92. The molecule has 0 unspecified atom stereocenters. The fourth-order valence-corrected chi connectivity index (χ4v) is 4.54. The third-order valence-electron chi connectivity index (χ3n) is 4.11. The van der Waals surface area contributed by atoms with E-state index in [1.807, 2.05) is 0 Å². The SMILES string of the molecule is CN(c1ccc(C(O)(C(F)(F)F)C(F)(F)F)cc1)S(=O)(=O)c1ccc(Cl)c(Cl)c1Cl. The van der Waals surface area contributed by atoms with Crippen molar-refractivity contribution in [3.05, 3.63) is 57.0 Å². The Kier molecular flexibility index (Phi) is 6.58. The number of alkyl halides is 6. The molecule has 4 nitrogen and oxygen atoms in total. The van der Waals surface area contributed by atoms with Crippen LogP contribution in [0.4, 0.5) is 32.0 Å². The number of nitrogens with zero attached hydrogens (tertiary/aromatic N) is 1. The normalized spacial score (nSPS) is 13.4. The molecular formula is C16H10Cl3F6NO3S. The summed E-state index contributed by atoms with van der Waals surface area (Å²) in [7, 11) is -3.43. The van der Waals surface area contributed by atoms with E-state index in [4.69, 9.17) is 34.8 Å². The van der Waals surface area contributed by atoms with Crippen LogP contribution in [0.1, 0.15) is 5.56 Å². The van der Waals surface area contributed by atoms with Crippen LogP contribution < -0.4 is 4.31 Å². The number of anilines is 1. The number of sulfonamides is 1. The van der Waals surface area contributed by atoms with Gasteiger partial charge >= 0.3 is 12.4 Å². The molecule has 166 valence electrons. The van der Waals surface area contributed by atoms with Crippen molar-refractivity contribution in [3.63, 3.8) is 0 Å². The highest BCUT2D eigenvalue weighted by Crippen LogP contribution is 2.50. The summed E-state index contributed by atoms with van der Waals surface area (Å²) < 4.78 is 104. The lowest BCUT2D eigenvalue weighted by Gasteiger charge is -2.33. The first-order chi connectivity index (χ1) is 13.5. The molecule has 0 aromatic heterocycles. The second kappa shape index (κ2) is 7.94. The molecule has 2 aromatic rings. The Hall–Kier alpha value is -1.40. The molecule has 2 aromatic carbocycles. The van der Waals surface area contributed by atoms with Gasteiger partial charge in [0.2, 0.25) is 0 Å². The average Bonchev–Trinajstić information content (AvgIpc) is 2.63. The van der Waals surface area contributed by atoms with E-state index in [1.165, 1.54) is 0 Å². The Morgan fingerprint density at radius 1 is 0.833 bits per heavy atom. The van der Waals surface area contributed by atoms with Crippen LogP contribution in [0.2, 0.25) is 15.1 Å². The fraction of sp³-hybridized carbons (Fsp3) is 0.250. The zero-order valence-electron chi connectivity index (χ0n) is 14.5. The molecule has 0 aliphatic carbocycles. The van der Waals surface area contributed by atoms with E-state index < -0.39 is 43.5 Å². The first-order valence-corrected chi connectivity index (χ1v) is 10.1. The van der Waals surface area contributed by atoms with Crippen LogP contribution in [-0.4, -0.2) is 32.9 Å². The molecule has 0 radical (unpaired) electrons. The molecule has 2 rings (SSSR count). The standard InChI is InChI=1S/C16H10Cl3F6NO3S/c1-26(30(28,29)11-7-6-10(17)12(18)13(11)19)9-4-2-8(3-5-9)14(27,15(20,21)22)16(23,24)25/h2-7,27H,1H3. The topological polar surface area (TPSA) is 57.6 Å². The highest BCUT2D eigenvalue weighted by Gasteiger charge is 2.71. The van der Waals surface area contributed by atoms with Gasteiger partial charge in [-0.3, -0.25) is 4.31 Å². The fourth-order valence-electron chi connectivity index (χ4n) is 2.39. The van der Waals surface area contributed by atoms with Gasteiger partial charge in [0.25, 0.3) is 15.6 Å². The van der Waals surface area contributed by atoms with Gasteiger partial charge in [-0.15, -0.1) is 0 Å². The van der Waals surface area contributed by atoms with Crippen molar-refractivity contribution in [1.29, 1.82) is 0 Å². The quantitative estimate of drug-likeness (QED) is 0.414. The molecule has 0 saturated carbocycles. The Morgan fingerprint density at radius 3 is 1.73 bits per heavy atom. The van der Waals surface area contributed by atoms with Gasteiger partial charge < -0.3 is 5.11 Å². The summed E-state index contributed by atoms with van der Waals surface area (Å²) in [5.41, 5.74) is -6.99. The molecule has 0 aliphatic rings.